The number of benzene rings is 1. The molecule has 4 aromatic rings. The molecular formula is C21H22N8O5. The Balaban J connectivity index is 1.18. The van der Waals surface area contributed by atoms with Crippen molar-refractivity contribution in [3.8, 4) is 0 Å². The number of anilines is 1. The summed E-state index contributed by atoms with van der Waals surface area (Å²) in [5.41, 5.74) is 1.26. The molecule has 1 aliphatic rings. The number of aromatic nitrogens is 5. The van der Waals surface area contributed by atoms with Gasteiger partial charge in [0.15, 0.2) is 11.2 Å². The number of hydrogen-bond acceptors (Lipinski definition) is 9. The number of hydrogen-bond donors (Lipinski definition) is 0. The lowest BCUT2D eigenvalue weighted by Crippen LogP contribution is -2.49. The van der Waals surface area contributed by atoms with Gasteiger partial charge < -0.3 is 14.2 Å². The maximum absolute atomic E-state index is 12.7. The van der Waals surface area contributed by atoms with Crippen LogP contribution >= 0.6 is 0 Å². The van der Waals surface area contributed by atoms with Crippen LogP contribution in [0.3, 0.4) is 0 Å². The number of nitro groups is 1. The van der Waals surface area contributed by atoms with Gasteiger partial charge in [0.25, 0.3) is 5.69 Å². The third-order valence-electron chi connectivity index (χ3n) is 6.08. The van der Waals surface area contributed by atoms with Crippen LogP contribution in [0.25, 0.3) is 22.1 Å². The van der Waals surface area contributed by atoms with Crippen LogP contribution in [0.4, 0.5) is 11.5 Å². The van der Waals surface area contributed by atoms with Crippen LogP contribution in [-0.2, 0) is 18.4 Å². The van der Waals surface area contributed by atoms with Gasteiger partial charge in [0.2, 0.25) is 5.91 Å². The van der Waals surface area contributed by atoms with Crippen molar-refractivity contribution in [1.29, 1.82) is 0 Å². The lowest BCUT2D eigenvalue weighted by molar-refractivity contribution is -0.384. The van der Waals surface area contributed by atoms with Crippen molar-refractivity contribution in [2.75, 3.05) is 31.1 Å². The van der Waals surface area contributed by atoms with Crippen molar-refractivity contribution in [2.45, 2.75) is 19.4 Å². The number of carbonyl (C=O) groups is 1. The lowest BCUT2D eigenvalue weighted by Gasteiger charge is -2.35. The van der Waals surface area contributed by atoms with Gasteiger partial charge in [0, 0.05) is 52.3 Å². The molecule has 13 heteroatoms. The zero-order valence-corrected chi connectivity index (χ0v) is 18.5. The minimum absolute atomic E-state index is 0.0188. The first-order valence-corrected chi connectivity index (χ1v) is 10.9. The fourth-order valence-electron chi connectivity index (χ4n) is 4.30. The highest BCUT2D eigenvalue weighted by molar-refractivity contribution is 5.86. The summed E-state index contributed by atoms with van der Waals surface area (Å²) in [6, 6.07) is 4.05. The quantitative estimate of drug-likeness (QED) is 0.303. The summed E-state index contributed by atoms with van der Waals surface area (Å²) in [7, 11) is 1.83. The molecule has 1 aliphatic heterocycles. The second kappa shape index (κ2) is 8.57. The maximum atomic E-state index is 12.7. The van der Waals surface area contributed by atoms with E-state index in [9.17, 15) is 19.7 Å². The molecule has 0 bridgehead atoms. The molecule has 0 aliphatic carbocycles. The van der Waals surface area contributed by atoms with E-state index in [0.717, 1.165) is 16.9 Å². The molecule has 1 amide bonds. The van der Waals surface area contributed by atoms with E-state index in [-0.39, 0.29) is 30.1 Å². The number of amides is 1. The van der Waals surface area contributed by atoms with Crippen molar-refractivity contribution in [3.63, 3.8) is 0 Å². The average molecular weight is 466 g/mol. The summed E-state index contributed by atoms with van der Waals surface area (Å²) in [6.45, 7) is 2.73. The van der Waals surface area contributed by atoms with Gasteiger partial charge in [-0.05, 0) is 12.5 Å². The zero-order chi connectivity index (χ0) is 23.8. The summed E-state index contributed by atoms with van der Waals surface area (Å²) in [5, 5.41) is 16.0. The third kappa shape index (κ3) is 3.84. The molecule has 4 heterocycles. The van der Waals surface area contributed by atoms with E-state index in [1.54, 1.807) is 10.9 Å². The Hall–Kier alpha value is -4.29. The van der Waals surface area contributed by atoms with E-state index >= 15 is 0 Å². The van der Waals surface area contributed by atoms with Crippen LogP contribution in [-0.4, -0.2) is 66.2 Å². The van der Waals surface area contributed by atoms with Gasteiger partial charge in [-0.3, -0.25) is 24.2 Å². The Bertz CT molecular complexity index is 1450. The Morgan fingerprint density at radius 2 is 2.00 bits per heavy atom. The zero-order valence-electron chi connectivity index (χ0n) is 18.5. The molecule has 5 rings (SSSR count). The Labute approximate surface area is 192 Å². The first-order valence-electron chi connectivity index (χ1n) is 10.9. The molecule has 13 nitrogen and oxygen atoms in total. The minimum atomic E-state index is -0.594. The molecule has 1 aromatic carbocycles. The van der Waals surface area contributed by atoms with Gasteiger partial charge in [-0.2, -0.15) is 5.10 Å². The SMILES string of the molecule is Cn1ncc2c(N3CCN(C(=O)CCCn4c(=O)oc5cc([N+](=O)[O-])ccc54)CC3)ncnc21. The van der Waals surface area contributed by atoms with Gasteiger partial charge in [0.05, 0.1) is 28.1 Å². The summed E-state index contributed by atoms with van der Waals surface area (Å²) in [4.78, 5) is 47.9. The maximum Gasteiger partial charge on any atom is 0.419 e. The molecule has 0 atom stereocenters. The number of rotatable bonds is 6. The highest BCUT2D eigenvalue weighted by atomic mass is 16.6. The van der Waals surface area contributed by atoms with Gasteiger partial charge in [-0.1, -0.05) is 0 Å². The molecule has 0 spiro atoms. The van der Waals surface area contributed by atoms with E-state index in [1.807, 2.05) is 11.9 Å². The fourth-order valence-corrected chi connectivity index (χ4v) is 4.30. The van der Waals surface area contributed by atoms with Gasteiger partial charge in [-0.25, -0.2) is 14.8 Å². The van der Waals surface area contributed by atoms with Gasteiger partial charge >= 0.3 is 5.76 Å². The Morgan fingerprint density at radius 1 is 1.21 bits per heavy atom. The average Bonchev–Trinajstić information content (AvgIpc) is 3.37. The fraction of sp³-hybridized carbons (Fsp3) is 0.381. The van der Waals surface area contributed by atoms with Crippen molar-refractivity contribution in [3.05, 3.63) is 51.4 Å². The van der Waals surface area contributed by atoms with Crippen LogP contribution in [0.1, 0.15) is 12.8 Å². The number of aryl methyl sites for hydroxylation is 2. The summed E-state index contributed by atoms with van der Waals surface area (Å²) < 4.78 is 8.24. The highest BCUT2D eigenvalue weighted by Gasteiger charge is 2.24. The molecule has 0 saturated carbocycles. The van der Waals surface area contributed by atoms with Gasteiger partial charge in [-0.15, -0.1) is 0 Å². The van der Waals surface area contributed by atoms with Crippen LogP contribution in [0.2, 0.25) is 0 Å². The lowest BCUT2D eigenvalue weighted by atomic mass is 10.2. The van der Waals surface area contributed by atoms with E-state index < -0.39 is 10.7 Å². The largest absolute Gasteiger partial charge is 0.419 e. The molecule has 1 fully saturated rings. The monoisotopic (exact) mass is 466 g/mol. The van der Waals surface area contributed by atoms with E-state index in [1.165, 1.54) is 29.1 Å². The number of oxazole rings is 1. The Kier molecular flexibility index (Phi) is 5.43. The van der Waals surface area contributed by atoms with Crippen molar-refractivity contribution in [2.24, 2.45) is 7.05 Å². The summed E-state index contributed by atoms with van der Waals surface area (Å²) in [6.07, 6.45) is 4.01. The number of non-ortho nitro benzene ring substituents is 1. The Morgan fingerprint density at radius 3 is 2.76 bits per heavy atom. The number of piperazine rings is 1. The van der Waals surface area contributed by atoms with Crippen molar-refractivity contribution >= 4 is 39.5 Å². The molecule has 0 radical (unpaired) electrons. The molecular weight excluding hydrogens is 444 g/mol. The van der Waals surface area contributed by atoms with Crippen LogP contribution in [0.5, 0.6) is 0 Å². The van der Waals surface area contributed by atoms with E-state index in [4.69, 9.17) is 4.42 Å². The normalized spacial score (nSPS) is 14.3. The molecule has 0 unspecified atom stereocenters. The third-order valence-corrected chi connectivity index (χ3v) is 6.08. The highest BCUT2D eigenvalue weighted by Crippen LogP contribution is 2.24. The summed E-state index contributed by atoms with van der Waals surface area (Å²) >= 11 is 0. The topological polar surface area (TPSA) is 145 Å². The van der Waals surface area contributed by atoms with Crippen LogP contribution in [0.15, 0.2) is 39.9 Å². The number of fused-ring (bicyclic) bond motifs is 2. The predicted molar refractivity (Wildman–Crippen MR) is 121 cm³/mol. The second-order valence-corrected chi connectivity index (χ2v) is 8.10. The predicted octanol–water partition coefficient (Wildman–Crippen LogP) is 1.31. The molecule has 3 aromatic heterocycles. The number of nitrogens with zero attached hydrogens (tertiary/aromatic N) is 8. The van der Waals surface area contributed by atoms with Crippen LogP contribution in [0, 0.1) is 10.1 Å². The van der Waals surface area contributed by atoms with Crippen molar-refractivity contribution < 1.29 is 14.1 Å². The molecule has 34 heavy (non-hydrogen) atoms. The van der Waals surface area contributed by atoms with Crippen molar-refractivity contribution in [1.82, 2.24) is 29.2 Å². The standard InChI is InChI=1S/C21H22N8O5/c1-25-19-15(12-24-25)20(23-13-22-19)27-9-7-26(8-10-27)18(30)3-2-6-28-16-5-4-14(29(32)33)11-17(16)34-21(28)31/h4-5,11-13H,2-3,6-10H2,1H3. The van der Waals surface area contributed by atoms with E-state index in [0.29, 0.717) is 38.1 Å². The first kappa shape index (κ1) is 21.6. The number of carbonyl (C=O) groups excluding carboxylic acids is 1. The molecule has 1 saturated heterocycles. The smallest absolute Gasteiger partial charge is 0.407 e. The molecule has 176 valence electrons. The van der Waals surface area contributed by atoms with Crippen LogP contribution < -0.4 is 10.7 Å². The number of nitro benzene ring substituents is 1. The minimum Gasteiger partial charge on any atom is -0.407 e. The van der Waals surface area contributed by atoms with Gasteiger partial charge in [0.1, 0.15) is 12.1 Å². The second-order valence-electron chi connectivity index (χ2n) is 8.10. The molecule has 0 N–H and O–H groups in total. The van der Waals surface area contributed by atoms with E-state index in [2.05, 4.69) is 20.0 Å². The summed E-state index contributed by atoms with van der Waals surface area (Å²) in [5.74, 6) is 0.241. The first-order chi connectivity index (χ1) is 16.4.